The molecule has 17 heavy (non-hydrogen) atoms. The number of hydrogen-bond acceptors (Lipinski definition) is 2. The van der Waals surface area contributed by atoms with Crippen molar-refractivity contribution in [2.75, 3.05) is 0 Å². The molecule has 0 aromatic carbocycles. The number of hydrogen-bond donors (Lipinski definition) is 2. The van der Waals surface area contributed by atoms with E-state index in [2.05, 4.69) is 27.7 Å². The van der Waals surface area contributed by atoms with E-state index in [1.165, 1.54) is 12.8 Å². The van der Waals surface area contributed by atoms with Gasteiger partial charge in [0.15, 0.2) is 0 Å². The van der Waals surface area contributed by atoms with E-state index in [4.69, 9.17) is 10.2 Å². The minimum absolute atomic E-state index is 0. The Morgan fingerprint density at radius 1 is 0.765 bits per heavy atom. The molecule has 104 valence electrons. The van der Waals surface area contributed by atoms with Gasteiger partial charge >= 0.3 is 19.5 Å². The number of rotatable bonds is 2. The summed E-state index contributed by atoms with van der Waals surface area (Å²) < 4.78 is 0. The molecular formula is C14H34O2Zn. The summed E-state index contributed by atoms with van der Waals surface area (Å²) in [4.78, 5) is 0. The van der Waals surface area contributed by atoms with Crippen LogP contribution < -0.4 is 0 Å². The summed E-state index contributed by atoms with van der Waals surface area (Å²) in [5, 5.41) is 16.1. The Labute approximate surface area is 123 Å². The van der Waals surface area contributed by atoms with Crippen molar-refractivity contribution in [3.05, 3.63) is 13.8 Å². The molecule has 0 aliphatic carbocycles. The largest absolute Gasteiger partial charge is 2.00 e. The second-order valence-corrected chi connectivity index (χ2v) is 3.89. The zero-order chi connectivity index (χ0) is 14.0. The van der Waals surface area contributed by atoms with E-state index < -0.39 is 0 Å². The monoisotopic (exact) mass is 298 g/mol. The molecule has 0 aromatic rings. The van der Waals surface area contributed by atoms with Crippen LogP contribution >= 0.6 is 0 Å². The van der Waals surface area contributed by atoms with Crippen molar-refractivity contribution in [3.63, 3.8) is 0 Å². The summed E-state index contributed by atoms with van der Waals surface area (Å²) in [7, 11) is 0. The van der Waals surface area contributed by atoms with Crippen LogP contribution in [0.2, 0.25) is 0 Å². The number of unbranched alkanes of at least 4 members (excludes halogenated alkanes) is 2. The Morgan fingerprint density at radius 3 is 0.824 bits per heavy atom. The van der Waals surface area contributed by atoms with Gasteiger partial charge in [0, 0.05) is 12.2 Å². The normalized spacial score (nSPS) is 7.76. The molecule has 0 saturated carbocycles. The molecule has 2 N–H and O–H groups in total. The van der Waals surface area contributed by atoms with E-state index in [0.29, 0.717) is 0 Å². The standard InChI is InChI=1S/2C4H9.2C3H8O.Zn/c2*1-3-4-2;2*1-3(2)4;/h2*1,3-4H2,2H3;2*3-4H,1-2H3;/q2*-1;;;+2. The summed E-state index contributed by atoms with van der Waals surface area (Å²) in [6, 6.07) is 0. The molecule has 0 atom stereocenters. The first-order valence-electron chi connectivity index (χ1n) is 6.24. The third-order valence-corrected chi connectivity index (χ3v) is 0.707. The van der Waals surface area contributed by atoms with E-state index in [1.54, 1.807) is 27.7 Å². The summed E-state index contributed by atoms with van der Waals surface area (Å²) in [5.74, 6) is 0. The zero-order valence-corrected chi connectivity index (χ0v) is 16.0. The summed E-state index contributed by atoms with van der Waals surface area (Å²) >= 11 is 0. The van der Waals surface area contributed by atoms with Crippen molar-refractivity contribution in [3.8, 4) is 0 Å². The van der Waals surface area contributed by atoms with Crippen LogP contribution in [0.4, 0.5) is 0 Å². The molecule has 0 spiro atoms. The van der Waals surface area contributed by atoms with Crippen LogP contribution in [-0.2, 0) is 19.5 Å². The van der Waals surface area contributed by atoms with Gasteiger partial charge < -0.3 is 24.1 Å². The van der Waals surface area contributed by atoms with E-state index in [0.717, 1.165) is 12.8 Å². The zero-order valence-electron chi connectivity index (χ0n) is 13.0. The first kappa shape index (κ1) is 30.5. The fourth-order valence-electron chi connectivity index (χ4n) is 0. The van der Waals surface area contributed by atoms with Gasteiger partial charge in [-0.05, 0) is 27.7 Å². The van der Waals surface area contributed by atoms with Crippen LogP contribution in [-0.4, -0.2) is 22.4 Å². The second kappa shape index (κ2) is 36.0. The maximum absolute atomic E-state index is 8.06. The van der Waals surface area contributed by atoms with Gasteiger partial charge in [-0.15, -0.1) is 0 Å². The summed E-state index contributed by atoms with van der Waals surface area (Å²) in [6.07, 6.45) is 4.22. The molecule has 0 unspecified atom stereocenters. The first-order chi connectivity index (χ1) is 7.29. The predicted octanol–water partition coefficient (Wildman–Crippen LogP) is 4.01. The molecule has 0 aromatic heterocycles. The van der Waals surface area contributed by atoms with Crippen molar-refractivity contribution in [2.24, 2.45) is 0 Å². The molecule has 0 aliphatic rings. The van der Waals surface area contributed by atoms with Crippen molar-refractivity contribution in [2.45, 2.75) is 79.4 Å². The molecular weight excluding hydrogens is 266 g/mol. The van der Waals surface area contributed by atoms with Gasteiger partial charge in [-0.1, -0.05) is 26.7 Å². The van der Waals surface area contributed by atoms with Gasteiger partial charge in [0.05, 0.1) is 0 Å². The van der Waals surface area contributed by atoms with Crippen molar-refractivity contribution < 1.29 is 29.7 Å². The smallest absolute Gasteiger partial charge is 0.394 e. The van der Waals surface area contributed by atoms with Crippen molar-refractivity contribution in [1.82, 2.24) is 0 Å². The maximum Gasteiger partial charge on any atom is 2.00 e. The van der Waals surface area contributed by atoms with Crippen LogP contribution in [0.3, 0.4) is 0 Å². The van der Waals surface area contributed by atoms with Gasteiger partial charge in [-0.2, -0.15) is 12.8 Å². The Hall–Kier alpha value is 0.543. The third kappa shape index (κ3) is 541. The number of aliphatic hydroxyl groups is 2. The third-order valence-electron chi connectivity index (χ3n) is 0.707. The van der Waals surface area contributed by atoms with Crippen LogP contribution in [0.25, 0.3) is 0 Å². The molecule has 0 fully saturated rings. The van der Waals surface area contributed by atoms with Crippen LogP contribution in [0.5, 0.6) is 0 Å². The minimum Gasteiger partial charge on any atom is -0.394 e. The average molecular weight is 300 g/mol. The molecule has 3 heteroatoms. The van der Waals surface area contributed by atoms with Crippen LogP contribution in [0.15, 0.2) is 0 Å². The second-order valence-electron chi connectivity index (χ2n) is 3.89. The fourth-order valence-corrected chi connectivity index (χ4v) is 0. The summed E-state index contributed by atoms with van der Waals surface area (Å²) in [5.41, 5.74) is 0. The van der Waals surface area contributed by atoms with Gasteiger partial charge in [-0.3, -0.25) is 0 Å². The topological polar surface area (TPSA) is 40.5 Å². The minimum atomic E-state index is -0.167. The Balaban J connectivity index is -0.0000000369. The molecule has 0 aliphatic heterocycles. The predicted molar refractivity (Wildman–Crippen MR) is 75.2 cm³/mol. The van der Waals surface area contributed by atoms with E-state index in [1.807, 2.05) is 0 Å². The van der Waals surface area contributed by atoms with E-state index in [-0.39, 0.29) is 31.7 Å². The Kier molecular flexibility index (Phi) is 64.5. The van der Waals surface area contributed by atoms with Crippen LogP contribution in [0.1, 0.15) is 67.2 Å². The SMILES string of the molecule is CC(C)O.CC(C)O.[CH2-]CCC.[CH2-]CCC.[Zn+2]. The molecule has 0 heterocycles. The van der Waals surface area contributed by atoms with Gasteiger partial charge in [0.2, 0.25) is 0 Å². The first-order valence-corrected chi connectivity index (χ1v) is 6.24. The van der Waals surface area contributed by atoms with Gasteiger partial charge in [0.1, 0.15) is 0 Å². The quantitative estimate of drug-likeness (QED) is 0.597. The molecule has 2 nitrogen and oxygen atoms in total. The molecule has 0 amide bonds. The summed E-state index contributed by atoms with van der Waals surface area (Å²) in [6.45, 7) is 18.3. The van der Waals surface area contributed by atoms with Gasteiger partial charge in [0.25, 0.3) is 0 Å². The van der Waals surface area contributed by atoms with Crippen LogP contribution in [0, 0.1) is 13.8 Å². The van der Waals surface area contributed by atoms with Gasteiger partial charge in [-0.25, -0.2) is 0 Å². The van der Waals surface area contributed by atoms with Crippen molar-refractivity contribution in [1.29, 1.82) is 0 Å². The van der Waals surface area contributed by atoms with Crippen molar-refractivity contribution >= 4 is 0 Å². The molecule has 0 bridgehead atoms. The Bertz CT molecular complexity index is 57.1. The molecule has 0 rings (SSSR count). The van der Waals surface area contributed by atoms with E-state index in [9.17, 15) is 0 Å². The average Bonchev–Trinajstić information content (AvgIpc) is 2.16. The Morgan fingerprint density at radius 2 is 0.824 bits per heavy atom. The molecule has 0 radical (unpaired) electrons. The molecule has 0 saturated heterocycles. The fraction of sp³-hybridized carbons (Fsp3) is 0.857. The van der Waals surface area contributed by atoms with E-state index >= 15 is 0 Å². The maximum atomic E-state index is 8.06. The number of aliphatic hydroxyl groups excluding tert-OH is 2.